The van der Waals surface area contributed by atoms with Crippen LogP contribution in [0.15, 0.2) is 24.3 Å². The third-order valence-electron chi connectivity index (χ3n) is 3.41. The van der Waals surface area contributed by atoms with Crippen LogP contribution in [-0.2, 0) is 9.59 Å². The first kappa shape index (κ1) is 18.6. The molecule has 1 unspecified atom stereocenters. The largest absolute Gasteiger partial charge is 0.366 e. The fraction of sp³-hybridized carbons (Fsp3) is 0.625. The number of nitrogens with zero attached hydrogens (tertiary/aromatic N) is 1. The number of amides is 1. The normalized spacial score (nSPS) is 13.2. The Morgan fingerprint density at radius 1 is 1.30 bits per heavy atom. The maximum atomic E-state index is 11.0. The Hall–Kier alpha value is -1.42. The predicted octanol–water partition coefficient (Wildman–Crippen LogP) is 2.30. The number of primary amides is 1. The van der Waals surface area contributed by atoms with Crippen LogP contribution < -0.4 is 5.73 Å². The number of aldehydes is 1. The molecule has 1 atom stereocenters. The molecule has 4 nitrogen and oxygen atoms in total. The van der Waals surface area contributed by atoms with Crippen LogP contribution in [0.5, 0.6) is 0 Å². The van der Waals surface area contributed by atoms with Gasteiger partial charge in [0.15, 0.2) is 0 Å². The number of carbonyl (C=O) groups is 2. The van der Waals surface area contributed by atoms with Gasteiger partial charge in [-0.15, -0.1) is 6.58 Å². The summed E-state index contributed by atoms with van der Waals surface area (Å²) in [7, 11) is 2.03. The van der Waals surface area contributed by atoms with Gasteiger partial charge in [0.1, 0.15) is 6.29 Å². The molecule has 0 radical (unpaired) electrons. The molecule has 0 rings (SSSR count). The molecule has 0 aromatic rings. The van der Waals surface area contributed by atoms with Gasteiger partial charge >= 0.3 is 0 Å². The fourth-order valence-electron chi connectivity index (χ4n) is 1.90. The average molecular weight is 280 g/mol. The molecule has 114 valence electrons. The van der Waals surface area contributed by atoms with Gasteiger partial charge in [-0.05, 0) is 52.6 Å². The van der Waals surface area contributed by atoms with E-state index in [0.29, 0.717) is 5.57 Å². The molecule has 0 aliphatic carbocycles. The third kappa shape index (κ3) is 9.50. The molecule has 0 aliphatic heterocycles. The zero-order valence-electron chi connectivity index (χ0n) is 12.8. The Kier molecular flexibility index (Phi) is 10.6. The fourth-order valence-corrected chi connectivity index (χ4v) is 1.90. The third-order valence-corrected chi connectivity index (χ3v) is 3.41. The van der Waals surface area contributed by atoms with Crippen LogP contribution in [-0.4, -0.2) is 37.2 Å². The summed E-state index contributed by atoms with van der Waals surface area (Å²) in [6, 6.07) is 0. The summed E-state index contributed by atoms with van der Waals surface area (Å²) in [6.45, 7) is 7.16. The minimum absolute atomic E-state index is 0.139. The lowest BCUT2D eigenvalue weighted by atomic mass is 10.00. The van der Waals surface area contributed by atoms with Crippen molar-refractivity contribution in [3.8, 4) is 0 Å². The number of unbranched alkanes of at least 4 members (excludes halogenated alkanes) is 1. The lowest BCUT2D eigenvalue weighted by Crippen LogP contribution is -2.23. The predicted molar refractivity (Wildman–Crippen MR) is 83.3 cm³/mol. The molecule has 0 saturated heterocycles. The molecule has 0 spiro atoms. The lowest BCUT2D eigenvalue weighted by molar-refractivity contribution is -0.114. The van der Waals surface area contributed by atoms with E-state index in [1.165, 1.54) is 0 Å². The summed E-state index contributed by atoms with van der Waals surface area (Å²) >= 11 is 0. The van der Waals surface area contributed by atoms with E-state index in [0.717, 1.165) is 51.5 Å². The highest BCUT2D eigenvalue weighted by Gasteiger charge is 2.08. The van der Waals surface area contributed by atoms with Gasteiger partial charge in [0, 0.05) is 18.0 Å². The molecule has 2 N–H and O–H groups in total. The molecule has 0 saturated carbocycles. The number of carbonyl (C=O) groups excluding carboxylic acids is 2. The van der Waals surface area contributed by atoms with E-state index in [2.05, 4.69) is 11.5 Å². The molecule has 4 heteroatoms. The van der Waals surface area contributed by atoms with Crippen molar-refractivity contribution in [3.63, 3.8) is 0 Å². The van der Waals surface area contributed by atoms with Gasteiger partial charge in [0.05, 0.1) is 0 Å². The standard InChI is InChI=1S/C16H28N2O2/c1-4-5-6-9-15(13-19)10-12-18(3)11-7-8-14(2)16(17)20/h4,8,13,15H,1,5-7,9-12H2,2-3H3,(H2,17,20). The molecule has 0 aromatic carbocycles. The van der Waals surface area contributed by atoms with Crippen molar-refractivity contribution < 1.29 is 9.59 Å². The van der Waals surface area contributed by atoms with Crippen molar-refractivity contribution in [1.82, 2.24) is 4.90 Å². The highest BCUT2D eigenvalue weighted by atomic mass is 16.1. The van der Waals surface area contributed by atoms with Crippen molar-refractivity contribution in [3.05, 3.63) is 24.3 Å². The summed E-state index contributed by atoms with van der Waals surface area (Å²) in [5.74, 6) is -0.226. The highest BCUT2D eigenvalue weighted by molar-refractivity contribution is 5.91. The van der Waals surface area contributed by atoms with E-state index in [9.17, 15) is 9.59 Å². The van der Waals surface area contributed by atoms with Crippen molar-refractivity contribution in [2.24, 2.45) is 11.7 Å². The number of nitrogens with two attached hydrogens (primary N) is 1. The summed E-state index contributed by atoms with van der Waals surface area (Å²) < 4.78 is 0. The SMILES string of the molecule is C=CCCCC(C=O)CCN(C)CCC=C(C)C(N)=O. The van der Waals surface area contributed by atoms with Gasteiger partial charge in [0.25, 0.3) is 0 Å². The van der Waals surface area contributed by atoms with Crippen molar-refractivity contribution in [1.29, 1.82) is 0 Å². The van der Waals surface area contributed by atoms with Gasteiger partial charge < -0.3 is 15.4 Å². The zero-order valence-corrected chi connectivity index (χ0v) is 12.8. The zero-order chi connectivity index (χ0) is 15.4. The summed E-state index contributed by atoms with van der Waals surface area (Å²) in [4.78, 5) is 24.0. The van der Waals surface area contributed by atoms with Crippen LogP contribution in [0.25, 0.3) is 0 Å². The Bertz CT molecular complexity index is 337. The van der Waals surface area contributed by atoms with Crippen LogP contribution in [0.3, 0.4) is 0 Å². The second-order valence-corrected chi connectivity index (χ2v) is 5.25. The Labute approximate surface area is 122 Å². The Morgan fingerprint density at radius 3 is 2.55 bits per heavy atom. The molecule has 0 fully saturated rings. The van der Waals surface area contributed by atoms with Gasteiger partial charge in [0.2, 0.25) is 5.91 Å². The lowest BCUT2D eigenvalue weighted by Gasteiger charge is -2.18. The molecule has 1 amide bonds. The first-order valence-corrected chi connectivity index (χ1v) is 7.22. The maximum absolute atomic E-state index is 11.0. The first-order chi connectivity index (χ1) is 9.51. The van der Waals surface area contributed by atoms with Crippen LogP contribution in [0.4, 0.5) is 0 Å². The number of rotatable bonds is 12. The quantitative estimate of drug-likeness (QED) is 0.258. The van der Waals surface area contributed by atoms with E-state index in [1.54, 1.807) is 6.92 Å². The van der Waals surface area contributed by atoms with Crippen LogP contribution >= 0.6 is 0 Å². The van der Waals surface area contributed by atoms with Crippen molar-refractivity contribution in [2.75, 3.05) is 20.1 Å². The minimum atomic E-state index is -0.365. The average Bonchev–Trinajstić information content (AvgIpc) is 2.42. The maximum Gasteiger partial charge on any atom is 0.244 e. The van der Waals surface area contributed by atoms with Crippen molar-refractivity contribution >= 4 is 12.2 Å². The van der Waals surface area contributed by atoms with E-state index >= 15 is 0 Å². The smallest absolute Gasteiger partial charge is 0.244 e. The topological polar surface area (TPSA) is 63.4 Å². The van der Waals surface area contributed by atoms with Crippen molar-refractivity contribution in [2.45, 2.75) is 39.0 Å². The summed E-state index contributed by atoms with van der Waals surface area (Å²) in [5, 5.41) is 0. The van der Waals surface area contributed by atoms with Gasteiger partial charge in [-0.3, -0.25) is 4.79 Å². The molecular formula is C16H28N2O2. The second-order valence-electron chi connectivity index (χ2n) is 5.25. The Balaban J connectivity index is 3.87. The molecule has 0 bridgehead atoms. The van der Waals surface area contributed by atoms with Gasteiger partial charge in [-0.1, -0.05) is 12.2 Å². The first-order valence-electron chi connectivity index (χ1n) is 7.22. The van der Waals surface area contributed by atoms with E-state index in [4.69, 9.17) is 5.73 Å². The Morgan fingerprint density at radius 2 is 2.00 bits per heavy atom. The van der Waals surface area contributed by atoms with E-state index in [1.807, 2.05) is 19.2 Å². The van der Waals surface area contributed by atoms with Crippen LogP contribution in [0.2, 0.25) is 0 Å². The molecule has 0 aromatic heterocycles. The molecular weight excluding hydrogens is 252 g/mol. The highest BCUT2D eigenvalue weighted by Crippen LogP contribution is 2.11. The van der Waals surface area contributed by atoms with E-state index in [-0.39, 0.29) is 11.8 Å². The van der Waals surface area contributed by atoms with Gasteiger partial charge in [-0.25, -0.2) is 0 Å². The number of hydrogen-bond donors (Lipinski definition) is 1. The summed E-state index contributed by atoms with van der Waals surface area (Å²) in [5.41, 5.74) is 5.77. The molecule has 0 aliphatic rings. The number of allylic oxidation sites excluding steroid dienone is 1. The molecule has 20 heavy (non-hydrogen) atoms. The van der Waals surface area contributed by atoms with Crippen LogP contribution in [0.1, 0.15) is 39.0 Å². The van der Waals surface area contributed by atoms with E-state index < -0.39 is 0 Å². The minimum Gasteiger partial charge on any atom is -0.366 e. The summed E-state index contributed by atoms with van der Waals surface area (Å²) in [6.07, 6.45) is 9.43. The number of hydrogen-bond acceptors (Lipinski definition) is 3. The van der Waals surface area contributed by atoms with Crippen LogP contribution in [0, 0.1) is 5.92 Å². The monoisotopic (exact) mass is 280 g/mol. The van der Waals surface area contributed by atoms with Gasteiger partial charge in [-0.2, -0.15) is 0 Å². The molecule has 0 heterocycles. The second kappa shape index (κ2) is 11.4.